The molecule has 0 aromatic carbocycles. The maximum absolute atomic E-state index is 12.1. The first-order valence-corrected chi connectivity index (χ1v) is 10.2. The zero-order valence-electron chi connectivity index (χ0n) is 13.7. The van der Waals surface area contributed by atoms with Crippen molar-refractivity contribution < 1.29 is 9.90 Å². The number of aliphatic hydroxyl groups is 1. The van der Waals surface area contributed by atoms with Gasteiger partial charge in [-0.2, -0.15) is 0 Å². The quantitative estimate of drug-likeness (QED) is 0.297. The van der Waals surface area contributed by atoms with Gasteiger partial charge < -0.3 is 5.11 Å². The second-order valence-corrected chi connectivity index (χ2v) is 7.82. The average molecular weight is 375 g/mol. The second kappa shape index (κ2) is 11.0. The van der Waals surface area contributed by atoms with Crippen molar-refractivity contribution in [1.29, 1.82) is 0 Å². The van der Waals surface area contributed by atoms with E-state index in [0.717, 1.165) is 28.3 Å². The van der Waals surface area contributed by atoms with Crippen molar-refractivity contribution in [1.82, 2.24) is 9.88 Å². The van der Waals surface area contributed by atoms with Gasteiger partial charge in [0, 0.05) is 54.3 Å². The maximum Gasteiger partial charge on any atom is 0.225 e. The van der Waals surface area contributed by atoms with E-state index in [9.17, 15) is 9.90 Å². The van der Waals surface area contributed by atoms with Crippen LogP contribution in [0.1, 0.15) is 44.7 Å². The van der Waals surface area contributed by atoms with Crippen molar-refractivity contribution in [2.45, 2.75) is 39.1 Å². The highest BCUT2D eigenvalue weighted by Gasteiger charge is 2.24. The van der Waals surface area contributed by atoms with Crippen molar-refractivity contribution in [3.05, 3.63) is 40.7 Å². The lowest BCUT2D eigenvalue weighted by atomic mass is 10.2. The largest absolute Gasteiger partial charge is 0.396 e. The van der Waals surface area contributed by atoms with Crippen LogP contribution in [0, 0.1) is 0 Å². The Morgan fingerprint density at radius 3 is 2.74 bits per heavy atom. The zero-order valence-corrected chi connectivity index (χ0v) is 16.0. The Kier molecular flexibility index (Phi) is 9.71. The first-order valence-electron chi connectivity index (χ1n) is 7.46. The van der Waals surface area contributed by atoms with Crippen LogP contribution in [0.5, 0.6) is 0 Å². The SMILES string of the molecule is CCCSS/C(CCO)=C(/C)N(C(C)=O)C(Cl)c1cccnc1. The Bertz CT molecular complexity index is 526. The van der Waals surface area contributed by atoms with Gasteiger partial charge in [0.2, 0.25) is 5.91 Å². The fourth-order valence-corrected chi connectivity index (χ4v) is 4.93. The molecule has 4 nitrogen and oxygen atoms in total. The molecule has 1 aromatic rings. The van der Waals surface area contributed by atoms with Gasteiger partial charge in [-0.3, -0.25) is 14.7 Å². The number of rotatable bonds is 9. The van der Waals surface area contributed by atoms with Gasteiger partial charge in [0.05, 0.1) is 0 Å². The Hall–Kier alpha value is -0.690. The number of hydrogen-bond donors (Lipinski definition) is 1. The number of aromatic nitrogens is 1. The molecule has 0 spiro atoms. The predicted molar refractivity (Wildman–Crippen MR) is 100 cm³/mol. The number of hydrogen-bond acceptors (Lipinski definition) is 5. The summed E-state index contributed by atoms with van der Waals surface area (Å²) >= 11 is 6.52. The summed E-state index contributed by atoms with van der Waals surface area (Å²) in [5.41, 5.74) is 0.925. The molecule has 0 aliphatic heterocycles. The van der Waals surface area contributed by atoms with Crippen LogP contribution >= 0.6 is 33.2 Å². The van der Waals surface area contributed by atoms with Gasteiger partial charge in [0.15, 0.2) is 0 Å². The van der Waals surface area contributed by atoms with Crippen LogP contribution in [0.2, 0.25) is 0 Å². The van der Waals surface area contributed by atoms with E-state index in [1.807, 2.05) is 13.0 Å². The summed E-state index contributed by atoms with van der Waals surface area (Å²) in [6.45, 7) is 5.53. The number of amides is 1. The van der Waals surface area contributed by atoms with E-state index in [1.165, 1.54) is 6.92 Å². The summed E-state index contributed by atoms with van der Waals surface area (Å²) in [5, 5.41) is 9.31. The van der Waals surface area contributed by atoms with Crippen molar-refractivity contribution in [2.24, 2.45) is 0 Å². The molecule has 1 heterocycles. The van der Waals surface area contributed by atoms with E-state index in [-0.39, 0.29) is 12.5 Å². The monoisotopic (exact) mass is 374 g/mol. The van der Waals surface area contributed by atoms with Crippen LogP contribution in [0.15, 0.2) is 35.1 Å². The fourth-order valence-electron chi connectivity index (χ4n) is 1.95. The van der Waals surface area contributed by atoms with E-state index in [0.29, 0.717) is 6.42 Å². The highest BCUT2D eigenvalue weighted by molar-refractivity contribution is 8.78. The first kappa shape index (κ1) is 20.4. The Morgan fingerprint density at radius 2 is 2.22 bits per heavy atom. The molecule has 0 aliphatic rings. The van der Waals surface area contributed by atoms with Crippen molar-refractivity contribution in [3.8, 4) is 0 Å². The lowest BCUT2D eigenvalue weighted by molar-refractivity contribution is -0.127. The van der Waals surface area contributed by atoms with Gasteiger partial charge >= 0.3 is 0 Å². The molecular weight excluding hydrogens is 352 g/mol. The molecule has 1 unspecified atom stereocenters. The summed E-state index contributed by atoms with van der Waals surface area (Å²) in [4.78, 5) is 18.7. The van der Waals surface area contributed by atoms with Crippen LogP contribution < -0.4 is 0 Å². The normalized spacial score (nSPS) is 13.4. The van der Waals surface area contributed by atoms with Gasteiger partial charge in [0.1, 0.15) is 5.50 Å². The molecule has 0 saturated carbocycles. The molecule has 0 saturated heterocycles. The molecule has 0 bridgehead atoms. The van der Waals surface area contributed by atoms with E-state index in [2.05, 4.69) is 11.9 Å². The van der Waals surface area contributed by atoms with Gasteiger partial charge in [-0.1, -0.05) is 46.2 Å². The summed E-state index contributed by atoms with van der Waals surface area (Å²) in [7, 11) is 3.33. The second-order valence-electron chi connectivity index (χ2n) is 4.90. The minimum atomic E-state index is -0.619. The van der Waals surface area contributed by atoms with Gasteiger partial charge in [-0.15, -0.1) is 0 Å². The first-order chi connectivity index (χ1) is 11.0. The van der Waals surface area contributed by atoms with Crippen molar-refractivity contribution in [2.75, 3.05) is 12.4 Å². The van der Waals surface area contributed by atoms with E-state index >= 15 is 0 Å². The van der Waals surface area contributed by atoms with E-state index in [4.69, 9.17) is 11.6 Å². The maximum atomic E-state index is 12.1. The van der Waals surface area contributed by atoms with E-state index in [1.54, 1.807) is 44.9 Å². The molecule has 1 N–H and O–H groups in total. The molecular formula is C16H23ClN2O2S2. The summed E-state index contributed by atoms with van der Waals surface area (Å²) < 4.78 is 0. The van der Waals surface area contributed by atoms with Gasteiger partial charge in [0.25, 0.3) is 0 Å². The molecule has 23 heavy (non-hydrogen) atoms. The number of alkyl halides is 1. The van der Waals surface area contributed by atoms with Crippen LogP contribution in [-0.4, -0.2) is 33.3 Å². The van der Waals surface area contributed by atoms with Crippen LogP contribution in [0.3, 0.4) is 0 Å². The smallest absolute Gasteiger partial charge is 0.225 e. The minimum Gasteiger partial charge on any atom is -0.396 e. The van der Waals surface area contributed by atoms with Crippen molar-refractivity contribution in [3.63, 3.8) is 0 Å². The average Bonchev–Trinajstić information content (AvgIpc) is 2.54. The third kappa shape index (κ3) is 6.37. The van der Waals surface area contributed by atoms with Gasteiger partial charge in [-0.25, -0.2) is 0 Å². The number of nitrogens with zero attached hydrogens (tertiary/aromatic N) is 2. The van der Waals surface area contributed by atoms with Gasteiger partial charge in [-0.05, 0) is 19.4 Å². The molecule has 0 aliphatic carbocycles. The Balaban J connectivity index is 3.08. The number of carbonyl (C=O) groups is 1. The molecule has 1 atom stereocenters. The number of allylic oxidation sites excluding steroid dienone is 1. The lowest BCUT2D eigenvalue weighted by Gasteiger charge is -2.29. The molecule has 1 rings (SSSR count). The number of aliphatic hydroxyl groups excluding tert-OH is 1. The third-order valence-corrected chi connectivity index (χ3v) is 6.37. The standard InChI is InChI=1S/C16H23ClN2O2S2/c1-4-10-22-23-15(7-9-20)12(2)19(13(3)21)16(17)14-6-5-8-18-11-14/h5-6,8,11,16,20H,4,7,9-10H2,1-3H3/b15-12-. The minimum absolute atomic E-state index is 0.0396. The van der Waals surface area contributed by atoms with Crippen molar-refractivity contribution >= 4 is 39.1 Å². The summed E-state index contributed by atoms with van der Waals surface area (Å²) in [6, 6.07) is 3.64. The summed E-state index contributed by atoms with van der Waals surface area (Å²) in [5.74, 6) is 0.878. The Morgan fingerprint density at radius 1 is 1.48 bits per heavy atom. The lowest BCUT2D eigenvalue weighted by Crippen LogP contribution is -2.29. The number of halogens is 1. The third-order valence-electron chi connectivity index (χ3n) is 3.08. The molecule has 1 amide bonds. The highest BCUT2D eigenvalue weighted by Crippen LogP contribution is 2.38. The molecule has 0 fully saturated rings. The van der Waals surface area contributed by atoms with Crippen LogP contribution in [0.4, 0.5) is 0 Å². The molecule has 128 valence electrons. The molecule has 7 heteroatoms. The molecule has 0 radical (unpaired) electrons. The molecule has 1 aromatic heterocycles. The van der Waals surface area contributed by atoms with Crippen LogP contribution in [0.25, 0.3) is 0 Å². The number of carbonyl (C=O) groups excluding carboxylic acids is 1. The topological polar surface area (TPSA) is 53.4 Å². The predicted octanol–water partition coefficient (Wildman–Crippen LogP) is 4.57. The summed E-state index contributed by atoms with van der Waals surface area (Å²) in [6.07, 6.45) is 4.91. The fraction of sp³-hybridized carbons (Fsp3) is 0.500. The van der Waals surface area contributed by atoms with Crippen LogP contribution in [-0.2, 0) is 4.79 Å². The van der Waals surface area contributed by atoms with E-state index < -0.39 is 5.50 Å². The zero-order chi connectivity index (χ0) is 17.2. The Labute approximate surface area is 151 Å². The highest BCUT2D eigenvalue weighted by atomic mass is 35.5. The number of pyridine rings is 1.